The van der Waals surface area contributed by atoms with E-state index < -0.39 is 0 Å². The number of aromatic nitrogens is 2. The smallest absolute Gasteiger partial charge is 0.131 e. The average Bonchev–Trinajstić information content (AvgIpc) is 2.37. The molecule has 0 saturated carbocycles. The van der Waals surface area contributed by atoms with Crippen LogP contribution in [-0.2, 0) is 6.54 Å². The molecule has 88 valence electrons. The van der Waals surface area contributed by atoms with Crippen molar-refractivity contribution in [2.45, 2.75) is 13.5 Å². The topological polar surface area (TPSA) is 29.0 Å². The van der Waals surface area contributed by atoms with Crippen LogP contribution in [0.3, 0.4) is 0 Å². The maximum Gasteiger partial charge on any atom is 0.131 e. The Kier molecular flexibility index (Phi) is 3.94. The van der Waals surface area contributed by atoms with Gasteiger partial charge in [0.15, 0.2) is 0 Å². The van der Waals surface area contributed by atoms with Crippen LogP contribution in [0.2, 0.25) is 5.15 Å². The highest BCUT2D eigenvalue weighted by Gasteiger charge is 2.06. The minimum atomic E-state index is 0.524. The fourth-order valence-corrected chi connectivity index (χ4v) is 1.80. The number of hydrogen-bond donors (Lipinski definition) is 0. The average molecular weight is 248 g/mol. The van der Waals surface area contributed by atoms with Crippen LogP contribution in [0, 0.1) is 0 Å². The lowest BCUT2D eigenvalue weighted by Crippen LogP contribution is -2.22. The van der Waals surface area contributed by atoms with Crippen molar-refractivity contribution in [1.29, 1.82) is 0 Å². The summed E-state index contributed by atoms with van der Waals surface area (Å²) in [4.78, 5) is 10.5. The molecular weight excluding hydrogens is 234 g/mol. The number of nitrogens with zero attached hydrogens (tertiary/aromatic N) is 3. The van der Waals surface area contributed by atoms with Crippen molar-refractivity contribution in [2.75, 3.05) is 11.4 Å². The monoisotopic (exact) mass is 247 g/mol. The molecule has 0 radical (unpaired) electrons. The minimum Gasteiger partial charge on any atom is -0.353 e. The van der Waals surface area contributed by atoms with Gasteiger partial charge in [-0.1, -0.05) is 17.7 Å². The molecule has 3 nitrogen and oxygen atoms in total. The number of pyridine rings is 2. The van der Waals surface area contributed by atoms with E-state index in [9.17, 15) is 0 Å². The molecule has 0 aromatic carbocycles. The van der Waals surface area contributed by atoms with Crippen molar-refractivity contribution in [1.82, 2.24) is 9.97 Å². The summed E-state index contributed by atoms with van der Waals surface area (Å²) in [6, 6.07) is 9.68. The highest BCUT2D eigenvalue weighted by Crippen LogP contribution is 2.16. The molecule has 0 spiro atoms. The Hall–Kier alpha value is -1.61. The maximum atomic E-state index is 5.90. The molecule has 2 rings (SSSR count). The van der Waals surface area contributed by atoms with Gasteiger partial charge in [-0.15, -0.1) is 0 Å². The molecule has 2 aromatic rings. The van der Waals surface area contributed by atoms with E-state index in [2.05, 4.69) is 21.8 Å². The lowest BCUT2D eigenvalue weighted by molar-refractivity contribution is 0.812. The second-order valence-electron chi connectivity index (χ2n) is 3.69. The first-order valence-corrected chi connectivity index (χ1v) is 5.94. The first-order chi connectivity index (χ1) is 8.29. The summed E-state index contributed by atoms with van der Waals surface area (Å²) in [5.74, 6) is 0.900. The Labute approximate surface area is 106 Å². The van der Waals surface area contributed by atoms with Gasteiger partial charge in [-0.05, 0) is 36.8 Å². The highest BCUT2D eigenvalue weighted by atomic mass is 35.5. The van der Waals surface area contributed by atoms with E-state index in [-0.39, 0.29) is 0 Å². The quantitative estimate of drug-likeness (QED) is 0.778. The number of rotatable bonds is 4. The maximum absolute atomic E-state index is 5.90. The van der Waals surface area contributed by atoms with Gasteiger partial charge in [0.25, 0.3) is 0 Å². The molecule has 0 unspecified atom stereocenters. The van der Waals surface area contributed by atoms with Crippen molar-refractivity contribution in [3.63, 3.8) is 0 Å². The molecule has 2 heterocycles. The molecule has 0 aliphatic rings. The molecule has 0 aliphatic carbocycles. The zero-order chi connectivity index (χ0) is 12.1. The van der Waals surface area contributed by atoms with Gasteiger partial charge >= 0.3 is 0 Å². The zero-order valence-electron chi connectivity index (χ0n) is 9.68. The molecule has 0 N–H and O–H groups in total. The minimum absolute atomic E-state index is 0.524. The van der Waals surface area contributed by atoms with Gasteiger partial charge in [0.1, 0.15) is 11.0 Å². The molecule has 2 aromatic heterocycles. The van der Waals surface area contributed by atoms with Gasteiger partial charge in [-0.3, -0.25) is 4.98 Å². The van der Waals surface area contributed by atoms with Gasteiger partial charge < -0.3 is 4.90 Å². The fraction of sp³-hybridized carbons (Fsp3) is 0.231. The fourth-order valence-electron chi connectivity index (χ4n) is 1.64. The second kappa shape index (κ2) is 5.64. The van der Waals surface area contributed by atoms with Gasteiger partial charge in [-0.25, -0.2) is 4.98 Å². The van der Waals surface area contributed by atoms with Gasteiger partial charge in [0.05, 0.1) is 0 Å². The van der Waals surface area contributed by atoms with Crippen LogP contribution in [0.25, 0.3) is 0 Å². The first kappa shape index (κ1) is 11.9. The van der Waals surface area contributed by atoms with E-state index in [0.29, 0.717) is 5.15 Å². The van der Waals surface area contributed by atoms with E-state index in [1.165, 1.54) is 5.56 Å². The lowest BCUT2D eigenvalue weighted by atomic mass is 10.2. The molecular formula is C13H14ClN3. The molecule has 0 aliphatic heterocycles. The predicted octanol–water partition coefficient (Wildman–Crippen LogP) is 3.16. The van der Waals surface area contributed by atoms with E-state index in [0.717, 1.165) is 18.9 Å². The SMILES string of the molecule is CCN(Cc1ccncc1)c1cccc(Cl)n1. The van der Waals surface area contributed by atoms with Crippen LogP contribution in [0.15, 0.2) is 42.7 Å². The van der Waals surface area contributed by atoms with Crippen LogP contribution < -0.4 is 4.90 Å². The molecule has 0 saturated heterocycles. The van der Waals surface area contributed by atoms with Crippen molar-refractivity contribution >= 4 is 17.4 Å². The number of halogens is 1. The van der Waals surface area contributed by atoms with Crippen molar-refractivity contribution in [3.05, 3.63) is 53.4 Å². The third-order valence-corrected chi connectivity index (χ3v) is 2.74. The molecule has 4 heteroatoms. The van der Waals surface area contributed by atoms with Crippen LogP contribution in [0.1, 0.15) is 12.5 Å². The summed E-state index contributed by atoms with van der Waals surface area (Å²) < 4.78 is 0. The van der Waals surface area contributed by atoms with Crippen LogP contribution >= 0.6 is 11.6 Å². The summed E-state index contributed by atoms with van der Waals surface area (Å²) in [7, 11) is 0. The van der Waals surface area contributed by atoms with Crippen LogP contribution in [0.4, 0.5) is 5.82 Å². The molecule has 0 bridgehead atoms. The normalized spacial score (nSPS) is 10.2. The van der Waals surface area contributed by atoms with Gasteiger partial charge in [0, 0.05) is 25.5 Å². The molecule has 17 heavy (non-hydrogen) atoms. The third-order valence-electron chi connectivity index (χ3n) is 2.53. The lowest BCUT2D eigenvalue weighted by Gasteiger charge is -2.21. The zero-order valence-corrected chi connectivity index (χ0v) is 10.4. The predicted molar refractivity (Wildman–Crippen MR) is 70.2 cm³/mol. The van der Waals surface area contributed by atoms with Gasteiger partial charge in [-0.2, -0.15) is 0 Å². The summed E-state index contributed by atoms with van der Waals surface area (Å²) in [5, 5.41) is 0.524. The Morgan fingerprint density at radius 1 is 1.18 bits per heavy atom. The van der Waals surface area contributed by atoms with Crippen LogP contribution in [0.5, 0.6) is 0 Å². The first-order valence-electron chi connectivity index (χ1n) is 5.56. The van der Waals surface area contributed by atoms with Crippen LogP contribution in [-0.4, -0.2) is 16.5 Å². The highest BCUT2D eigenvalue weighted by molar-refractivity contribution is 6.29. The Bertz CT molecular complexity index is 473. The number of anilines is 1. The van der Waals surface area contributed by atoms with Gasteiger partial charge in [0.2, 0.25) is 0 Å². The van der Waals surface area contributed by atoms with E-state index in [4.69, 9.17) is 11.6 Å². The molecule has 0 amide bonds. The Morgan fingerprint density at radius 2 is 1.94 bits per heavy atom. The van der Waals surface area contributed by atoms with Crippen molar-refractivity contribution in [3.8, 4) is 0 Å². The largest absolute Gasteiger partial charge is 0.353 e. The summed E-state index contributed by atoms with van der Waals surface area (Å²) in [6.45, 7) is 3.80. The molecule has 0 fully saturated rings. The van der Waals surface area contributed by atoms with Crippen molar-refractivity contribution in [2.24, 2.45) is 0 Å². The Morgan fingerprint density at radius 3 is 2.59 bits per heavy atom. The standard InChI is InChI=1S/C13H14ClN3/c1-2-17(10-11-6-8-15-9-7-11)13-5-3-4-12(14)16-13/h3-9H,2,10H2,1H3. The van der Waals surface area contributed by atoms with E-state index in [1.807, 2.05) is 24.3 Å². The Balaban J connectivity index is 2.17. The summed E-state index contributed by atoms with van der Waals surface area (Å²) in [6.07, 6.45) is 3.60. The molecule has 0 atom stereocenters. The second-order valence-corrected chi connectivity index (χ2v) is 4.08. The third kappa shape index (κ3) is 3.17. The van der Waals surface area contributed by atoms with E-state index >= 15 is 0 Å². The van der Waals surface area contributed by atoms with E-state index in [1.54, 1.807) is 18.5 Å². The van der Waals surface area contributed by atoms with Crippen molar-refractivity contribution < 1.29 is 0 Å². The summed E-state index contributed by atoms with van der Waals surface area (Å²) in [5.41, 5.74) is 1.21. The number of hydrogen-bond acceptors (Lipinski definition) is 3. The summed E-state index contributed by atoms with van der Waals surface area (Å²) >= 11 is 5.90.